The van der Waals surface area contributed by atoms with Crippen molar-refractivity contribution in [2.45, 2.75) is 24.5 Å². The quantitative estimate of drug-likeness (QED) is 0.566. The van der Waals surface area contributed by atoms with Crippen molar-refractivity contribution in [2.75, 3.05) is 7.11 Å². The SMILES string of the molecule is COc1ccc(S(=O)(=O)N[C@@H](C)C(=O)OCc2cc(-c3ccco3)on2)cc1. The number of hydrogen-bond acceptors (Lipinski definition) is 8. The average Bonchev–Trinajstić information content (AvgIpc) is 3.37. The standard InChI is InChI=1S/C18H18N2O7S/c1-12(20-28(22,23)15-7-5-14(24-2)6-8-15)18(21)26-11-13-10-17(27-19-13)16-4-3-9-25-16/h3-10,12,20H,11H2,1-2H3/t12-/m0/s1. The molecule has 1 N–H and O–H groups in total. The Morgan fingerprint density at radius 1 is 1.21 bits per heavy atom. The first-order valence-corrected chi connectivity index (χ1v) is 9.70. The van der Waals surface area contributed by atoms with Gasteiger partial charge in [-0.05, 0) is 43.3 Å². The third-order valence-electron chi connectivity index (χ3n) is 3.74. The minimum absolute atomic E-state index is 0.00698. The molecule has 2 aromatic heterocycles. The molecular formula is C18H18N2O7S. The minimum atomic E-state index is -3.89. The van der Waals surface area contributed by atoms with E-state index in [0.29, 0.717) is 23.0 Å². The molecule has 0 radical (unpaired) electrons. The van der Waals surface area contributed by atoms with Crippen molar-refractivity contribution in [3.63, 3.8) is 0 Å². The smallest absolute Gasteiger partial charge is 0.324 e. The fourth-order valence-electron chi connectivity index (χ4n) is 2.29. The lowest BCUT2D eigenvalue weighted by Gasteiger charge is -2.13. The number of nitrogens with one attached hydrogen (secondary N) is 1. The molecule has 28 heavy (non-hydrogen) atoms. The Balaban J connectivity index is 1.56. The second kappa shape index (κ2) is 8.28. The number of furan rings is 1. The van der Waals surface area contributed by atoms with Crippen molar-refractivity contribution >= 4 is 16.0 Å². The van der Waals surface area contributed by atoms with E-state index >= 15 is 0 Å². The third kappa shape index (κ3) is 4.59. The Kier molecular flexibility index (Phi) is 5.81. The van der Waals surface area contributed by atoms with Crippen LogP contribution in [0.4, 0.5) is 0 Å². The molecule has 3 aromatic rings. The summed E-state index contributed by atoms with van der Waals surface area (Å²) in [7, 11) is -2.41. The van der Waals surface area contributed by atoms with Crippen LogP contribution < -0.4 is 9.46 Å². The van der Waals surface area contributed by atoms with Gasteiger partial charge in [0.2, 0.25) is 15.8 Å². The minimum Gasteiger partial charge on any atom is -0.497 e. The van der Waals surface area contributed by atoms with E-state index in [-0.39, 0.29) is 11.5 Å². The molecule has 3 rings (SSSR count). The van der Waals surface area contributed by atoms with Gasteiger partial charge in [0.05, 0.1) is 18.3 Å². The summed E-state index contributed by atoms with van der Waals surface area (Å²) >= 11 is 0. The number of hydrogen-bond donors (Lipinski definition) is 1. The van der Waals surface area contributed by atoms with E-state index < -0.39 is 22.0 Å². The van der Waals surface area contributed by atoms with Crippen molar-refractivity contribution < 1.29 is 31.6 Å². The molecule has 9 nitrogen and oxygen atoms in total. The van der Waals surface area contributed by atoms with Crippen LogP contribution in [0.3, 0.4) is 0 Å². The van der Waals surface area contributed by atoms with Gasteiger partial charge in [-0.3, -0.25) is 4.79 Å². The topological polar surface area (TPSA) is 121 Å². The summed E-state index contributed by atoms with van der Waals surface area (Å²) in [6.45, 7) is 1.22. The van der Waals surface area contributed by atoms with Gasteiger partial charge in [0.25, 0.3) is 0 Å². The van der Waals surface area contributed by atoms with Gasteiger partial charge >= 0.3 is 5.97 Å². The number of ether oxygens (including phenoxy) is 2. The Morgan fingerprint density at radius 3 is 2.61 bits per heavy atom. The summed E-state index contributed by atoms with van der Waals surface area (Å²) in [5.41, 5.74) is 0.366. The van der Waals surface area contributed by atoms with Crippen LogP contribution in [0, 0.1) is 0 Å². The van der Waals surface area contributed by atoms with Crippen LogP contribution in [-0.2, 0) is 26.2 Å². The number of sulfonamides is 1. The fraction of sp³-hybridized carbons (Fsp3) is 0.222. The molecule has 0 aliphatic heterocycles. The first kappa shape index (κ1) is 19.6. The molecule has 0 fully saturated rings. The van der Waals surface area contributed by atoms with Crippen molar-refractivity contribution in [1.82, 2.24) is 9.88 Å². The van der Waals surface area contributed by atoms with E-state index in [1.165, 1.54) is 44.6 Å². The monoisotopic (exact) mass is 406 g/mol. The highest BCUT2D eigenvalue weighted by Crippen LogP contribution is 2.21. The third-order valence-corrected chi connectivity index (χ3v) is 5.30. The van der Waals surface area contributed by atoms with E-state index in [4.69, 9.17) is 18.4 Å². The summed E-state index contributed by atoms with van der Waals surface area (Å²) in [6, 6.07) is 9.66. The van der Waals surface area contributed by atoms with Crippen LogP contribution in [0.2, 0.25) is 0 Å². The first-order valence-electron chi connectivity index (χ1n) is 8.21. The molecule has 1 aromatic carbocycles. The van der Waals surface area contributed by atoms with E-state index in [1.54, 1.807) is 18.2 Å². The molecular weight excluding hydrogens is 388 g/mol. The van der Waals surface area contributed by atoms with E-state index in [9.17, 15) is 13.2 Å². The Bertz CT molecular complexity index is 1020. The van der Waals surface area contributed by atoms with Crippen LogP contribution in [-0.4, -0.2) is 32.7 Å². The van der Waals surface area contributed by atoms with Crippen LogP contribution in [0.15, 0.2) is 62.6 Å². The average molecular weight is 406 g/mol. The molecule has 0 aliphatic rings. The van der Waals surface area contributed by atoms with Crippen molar-refractivity contribution in [1.29, 1.82) is 0 Å². The lowest BCUT2D eigenvalue weighted by atomic mass is 10.3. The fourth-order valence-corrected chi connectivity index (χ4v) is 3.48. The van der Waals surface area contributed by atoms with Crippen LogP contribution >= 0.6 is 0 Å². The van der Waals surface area contributed by atoms with Crippen LogP contribution in [0.25, 0.3) is 11.5 Å². The van der Waals surface area contributed by atoms with Crippen molar-refractivity contribution in [3.8, 4) is 17.3 Å². The Labute approximate surface area is 161 Å². The number of aromatic nitrogens is 1. The first-order chi connectivity index (χ1) is 13.4. The zero-order valence-electron chi connectivity index (χ0n) is 15.1. The number of rotatable bonds is 8. The summed E-state index contributed by atoms with van der Waals surface area (Å²) < 4.78 is 47.4. The molecule has 1 atom stereocenters. The van der Waals surface area contributed by atoms with Gasteiger partial charge in [-0.2, -0.15) is 4.72 Å². The van der Waals surface area contributed by atoms with Crippen molar-refractivity contribution in [3.05, 3.63) is 54.4 Å². The molecule has 0 spiro atoms. The summed E-state index contributed by atoms with van der Waals surface area (Å²) in [4.78, 5) is 12.1. The molecule has 0 bridgehead atoms. The highest BCUT2D eigenvalue weighted by molar-refractivity contribution is 7.89. The second-order valence-electron chi connectivity index (χ2n) is 5.79. The molecule has 0 saturated heterocycles. The van der Waals surface area contributed by atoms with Gasteiger partial charge in [0, 0.05) is 6.07 Å². The summed E-state index contributed by atoms with van der Waals surface area (Å²) in [5, 5.41) is 3.78. The predicted octanol–water partition coefficient (Wildman–Crippen LogP) is 2.35. The Hall–Kier alpha value is -3.11. The number of carbonyl (C=O) groups is 1. The van der Waals surface area contributed by atoms with E-state index in [0.717, 1.165) is 0 Å². The van der Waals surface area contributed by atoms with Crippen LogP contribution in [0.5, 0.6) is 5.75 Å². The zero-order valence-corrected chi connectivity index (χ0v) is 15.9. The summed E-state index contributed by atoms with van der Waals surface area (Å²) in [6.07, 6.45) is 1.49. The molecule has 2 heterocycles. The normalized spacial score (nSPS) is 12.5. The molecule has 0 aliphatic carbocycles. The second-order valence-corrected chi connectivity index (χ2v) is 7.50. The maximum absolute atomic E-state index is 12.4. The van der Waals surface area contributed by atoms with Gasteiger partial charge in [-0.1, -0.05) is 5.16 Å². The van der Waals surface area contributed by atoms with E-state index in [1.807, 2.05) is 0 Å². The molecule has 0 amide bonds. The van der Waals surface area contributed by atoms with Gasteiger partial charge in [-0.15, -0.1) is 0 Å². The molecule has 0 saturated carbocycles. The number of nitrogens with zero attached hydrogens (tertiary/aromatic N) is 1. The van der Waals surface area contributed by atoms with E-state index in [2.05, 4.69) is 9.88 Å². The van der Waals surface area contributed by atoms with Gasteiger partial charge in [0.15, 0.2) is 5.76 Å². The number of benzene rings is 1. The highest BCUT2D eigenvalue weighted by Gasteiger charge is 2.23. The zero-order chi connectivity index (χ0) is 20.1. The maximum atomic E-state index is 12.4. The van der Waals surface area contributed by atoms with Gasteiger partial charge in [0.1, 0.15) is 24.1 Å². The number of methoxy groups -OCH3 is 1. The number of carbonyl (C=O) groups excluding carboxylic acids is 1. The molecule has 148 valence electrons. The van der Waals surface area contributed by atoms with Crippen molar-refractivity contribution in [2.24, 2.45) is 0 Å². The van der Waals surface area contributed by atoms with Gasteiger partial charge < -0.3 is 18.4 Å². The predicted molar refractivity (Wildman–Crippen MR) is 96.8 cm³/mol. The highest BCUT2D eigenvalue weighted by atomic mass is 32.2. The van der Waals surface area contributed by atoms with Gasteiger partial charge in [-0.25, -0.2) is 8.42 Å². The molecule has 0 unspecified atom stereocenters. The lowest BCUT2D eigenvalue weighted by molar-refractivity contribution is -0.146. The number of esters is 1. The largest absolute Gasteiger partial charge is 0.497 e. The lowest BCUT2D eigenvalue weighted by Crippen LogP contribution is -2.39. The maximum Gasteiger partial charge on any atom is 0.324 e. The Morgan fingerprint density at radius 2 is 1.96 bits per heavy atom. The summed E-state index contributed by atoms with van der Waals surface area (Å²) in [5.74, 6) is 0.655. The van der Waals surface area contributed by atoms with Crippen LogP contribution in [0.1, 0.15) is 12.6 Å². The molecule has 10 heteroatoms.